The molecule has 0 bridgehead atoms. The van der Waals surface area contributed by atoms with Crippen LogP contribution in [-0.4, -0.2) is 17.8 Å². The van der Waals surface area contributed by atoms with Crippen LogP contribution in [0.5, 0.6) is 0 Å². The van der Waals surface area contributed by atoms with Gasteiger partial charge in [0.1, 0.15) is 0 Å². The van der Waals surface area contributed by atoms with Crippen LogP contribution in [0.1, 0.15) is 20.3 Å². The minimum atomic E-state index is 0.275. The molecule has 0 fully saturated rings. The van der Waals surface area contributed by atoms with Crippen molar-refractivity contribution in [1.82, 2.24) is 0 Å². The molecule has 0 aliphatic carbocycles. The quantitative estimate of drug-likeness (QED) is 0.584. The Balaban J connectivity index is 3.63. The van der Waals surface area contributed by atoms with Gasteiger partial charge in [-0.15, -0.1) is 0 Å². The molecule has 0 saturated carbocycles. The lowest BCUT2D eigenvalue weighted by molar-refractivity contribution is -0.115. The standard InChI is InChI=1S/C8H14OS/c1-4-7(2)8(9)5-6-10-3/h4H,5-6H2,1-3H3/b7-4+. The molecule has 1 nitrogen and oxygen atoms in total. The SMILES string of the molecule is C/C=C(\C)C(=O)CCSC. The second kappa shape index (κ2) is 5.54. The first kappa shape index (κ1) is 9.76. The molecule has 58 valence electrons. The van der Waals surface area contributed by atoms with Gasteiger partial charge in [0.25, 0.3) is 0 Å². The smallest absolute Gasteiger partial charge is 0.159 e. The van der Waals surface area contributed by atoms with E-state index in [0.717, 1.165) is 11.3 Å². The average molecular weight is 158 g/mol. The number of carbonyl (C=O) groups is 1. The topological polar surface area (TPSA) is 17.1 Å². The molecule has 0 saturated heterocycles. The molecule has 0 atom stereocenters. The summed E-state index contributed by atoms with van der Waals surface area (Å²) in [5.41, 5.74) is 0.883. The third-order valence-electron chi connectivity index (χ3n) is 1.41. The first-order valence-electron chi connectivity index (χ1n) is 3.37. The lowest BCUT2D eigenvalue weighted by atomic mass is 10.1. The van der Waals surface area contributed by atoms with E-state index in [2.05, 4.69) is 0 Å². The molecular formula is C8H14OS. The number of allylic oxidation sites excluding steroid dienone is 2. The van der Waals surface area contributed by atoms with Crippen LogP contribution in [0.15, 0.2) is 11.6 Å². The molecular weight excluding hydrogens is 144 g/mol. The van der Waals surface area contributed by atoms with E-state index in [9.17, 15) is 4.79 Å². The fraction of sp³-hybridized carbons (Fsp3) is 0.625. The van der Waals surface area contributed by atoms with E-state index in [1.807, 2.05) is 26.2 Å². The molecule has 0 aromatic carbocycles. The monoisotopic (exact) mass is 158 g/mol. The third-order valence-corrected chi connectivity index (χ3v) is 2.02. The van der Waals surface area contributed by atoms with Crippen LogP contribution >= 0.6 is 11.8 Å². The van der Waals surface area contributed by atoms with Crippen molar-refractivity contribution < 1.29 is 4.79 Å². The van der Waals surface area contributed by atoms with Gasteiger partial charge in [-0.3, -0.25) is 4.79 Å². The van der Waals surface area contributed by atoms with E-state index in [0.29, 0.717) is 6.42 Å². The Morgan fingerprint density at radius 2 is 2.20 bits per heavy atom. The number of carbonyl (C=O) groups excluding carboxylic acids is 1. The summed E-state index contributed by atoms with van der Waals surface area (Å²) in [6, 6.07) is 0. The number of thioether (sulfide) groups is 1. The van der Waals surface area contributed by atoms with Gasteiger partial charge in [-0.05, 0) is 25.7 Å². The van der Waals surface area contributed by atoms with E-state index < -0.39 is 0 Å². The van der Waals surface area contributed by atoms with Gasteiger partial charge in [0.05, 0.1) is 0 Å². The molecule has 0 heterocycles. The number of hydrogen-bond donors (Lipinski definition) is 0. The predicted molar refractivity (Wildman–Crippen MR) is 47.4 cm³/mol. The molecule has 0 N–H and O–H groups in total. The normalized spacial score (nSPS) is 11.7. The molecule has 0 aromatic heterocycles. The van der Waals surface area contributed by atoms with Gasteiger partial charge >= 0.3 is 0 Å². The van der Waals surface area contributed by atoms with E-state index in [1.54, 1.807) is 11.8 Å². The Bertz CT molecular complexity index is 138. The average Bonchev–Trinajstić information content (AvgIpc) is 1.98. The van der Waals surface area contributed by atoms with Crippen LogP contribution in [0.3, 0.4) is 0 Å². The maximum atomic E-state index is 11.1. The lowest BCUT2D eigenvalue weighted by Gasteiger charge is -1.96. The highest BCUT2D eigenvalue weighted by Gasteiger charge is 2.00. The molecule has 0 amide bonds. The van der Waals surface area contributed by atoms with E-state index in [4.69, 9.17) is 0 Å². The van der Waals surface area contributed by atoms with Crippen molar-refractivity contribution in [3.05, 3.63) is 11.6 Å². The van der Waals surface area contributed by atoms with E-state index in [-0.39, 0.29) is 5.78 Å². The highest BCUT2D eigenvalue weighted by molar-refractivity contribution is 7.98. The van der Waals surface area contributed by atoms with Crippen molar-refractivity contribution >= 4 is 17.5 Å². The van der Waals surface area contributed by atoms with Crippen molar-refractivity contribution in [3.63, 3.8) is 0 Å². The van der Waals surface area contributed by atoms with Crippen molar-refractivity contribution in [1.29, 1.82) is 0 Å². The van der Waals surface area contributed by atoms with Crippen molar-refractivity contribution in [2.45, 2.75) is 20.3 Å². The summed E-state index contributed by atoms with van der Waals surface area (Å²) < 4.78 is 0. The first-order valence-corrected chi connectivity index (χ1v) is 4.76. The van der Waals surface area contributed by atoms with Gasteiger partial charge in [-0.2, -0.15) is 11.8 Å². The van der Waals surface area contributed by atoms with Crippen molar-refractivity contribution in [2.75, 3.05) is 12.0 Å². The van der Waals surface area contributed by atoms with Gasteiger partial charge in [0.15, 0.2) is 5.78 Å². The van der Waals surface area contributed by atoms with Gasteiger partial charge in [0, 0.05) is 12.2 Å². The van der Waals surface area contributed by atoms with Gasteiger partial charge < -0.3 is 0 Å². The van der Waals surface area contributed by atoms with E-state index >= 15 is 0 Å². The zero-order chi connectivity index (χ0) is 7.98. The van der Waals surface area contributed by atoms with Crippen LogP contribution < -0.4 is 0 Å². The summed E-state index contributed by atoms with van der Waals surface area (Å²) in [5.74, 6) is 1.21. The summed E-state index contributed by atoms with van der Waals surface area (Å²) in [5, 5.41) is 0. The number of hydrogen-bond acceptors (Lipinski definition) is 2. The molecule has 0 aromatic rings. The molecule has 0 aliphatic rings. The Morgan fingerprint density at radius 1 is 1.60 bits per heavy atom. The first-order chi connectivity index (χ1) is 4.72. The minimum absolute atomic E-state index is 0.275. The van der Waals surface area contributed by atoms with Gasteiger partial charge in [-0.1, -0.05) is 6.08 Å². The highest BCUT2D eigenvalue weighted by atomic mass is 32.2. The summed E-state index contributed by atoms with van der Waals surface area (Å²) in [4.78, 5) is 11.1. The van der Waals surface area contributed by atoms with Crippen LogP contribution in [0.2, 0.25) is 0 Å². The maximum absolute atomic E-state index is 11.1. The van der Waals surface area contributed by atoms with Gasteiger partial charge in [-0.25, -0.2) is 0 Å². The molecule has 10 heavy (non-hydrogen) atoms. The Labute approximate surface area is 66.9 Å². The maximum Gasteiger partial charge on any atom is 0.159 e. The molecule has 2 heteroatoms. The van der Waals surface area contributed by atoms with Crippen LogP contribution in [0, 0.1) is 0 Å². The number of rotatable bonds is 4. The molecule has 0 aliphatic heterocycles. The summed E-state index contributed by atoms with van der Waals surface area (Å²) in [7, 11) is 0. The molecule has 0 rings (SSSR count). The highest BCUT2D eigenvalue weighted by Crippen LogP contribution is 2.02. The Morgan fingerprint density at radius 3 is 2.60 bits per heavy atom. The Hall–Kier alpha value is -0.240. The van der Waals surface area contributed by atoms with Crippen LogP contribution in [0.25, 0.3) is 0 Å². The van der Waals surface area contributed by atoms with Crippen LogP contribution in [-0.2, 0) is 4.79 Å². The van der Waals surface area contributed by atoms with Crippen molar-refractivity contribution in [2.24, 2.45) is 0 Å². The fourth-order valence-corrected chi connectivity index (χ4v) is 0.942. The second-order valence-electron chi connectivity index (χ2n) is 2.14. The zero-order valence-corrected chi connectivity index (χ0v) is 7.62. The minimum Gasteiger partial charge on any atom is -0.295 e. The number of Topliss-reactive ketones (excluding diaryl/α,β-unsaturated/α-hetero) is 1. The second-order valence-corrected chi connectivity index (χ2v) is 3.12. The summed E-state index contributed by atoms with van der Waals surface area (Å²) in [6.45, 7) is 3.76. The third kappa shape index (κ3) is 3.72. The summed E-state index contributed by atoms with van der Waals surface area (Å²) >= 11 is 1.71. The molecule has 0 unspecified atom stereocenters. The van der Waals surface area contributed by atoms with Gasteiger partial charge in [0.2, 0.25) is 0 Å². The van der Waals surface area contributed by atoms with Crippen molar-refractivity contribution in [3.8, 4) is 0 Å². The van der Waals surface area contributed by atoms with Crippen LogP contribution in [0.4, 0.5) is 0 Å². The lowest BCUT2D eigenvalue weighted by Crippen LogP contribution is -1.99. The zero-order valence-electron chi connectivity index (χ0n) is 6.81. The predicted octanol–water partition coefficient (Wildman–Crippen LogP) is 2.27. The molecule has 0 spiro atoms. The number of ketones is 1. The largest absolute Gasteiger partial charge is 0.295 e. The Kier molecular flexibility index (Phi) is 5.40. The molecule has 0 radical (unpaired) electrons. The fourth-order valence-electron chi connectivity index (χ4n) is 0.553. The van der Waals surface area contributed by atoms with E-state index in [1.165, 1.54) is 0 Å². The summed E-state index contributed by atoms with van der Waals surface area (Å²) in [6.07, 6.45) is 4.55.